The molecule has 0 saturated carbocycles. The van der Waals surface area contributed by atoms with Gasteiger partial charge in [0, 0.05) is 37.7 Å². The summed E-state index contributed by atoms with van der Waals surface area (Å²) in [6.45, 7) is 6.98. The Morgan fingerprint density at radius 3 is 2.44 bits per heavy atom. The number of aromatic nitrogens is 1. The Hall–Kier alpha value is -3.41. The van der Waals surface area contributed by atoms with Crippen LogP contribution in [0, 0.1) is 12.8 Å². The molecule has 0 aliphatic carbocycles. The van der Waals surface area contributed by atoms with E-state index in [1.165, 1.54) is 16.8 Å². The lowest BCUT2D eigenvalue weighted by Crippen LogP contribution is -2.36. The highest BCUT2D eigenvalue weighted by molar-refractivity contribution is 5.73. The van der Waals surface area contributed by atoms with Crippen molar-refractivity contribution in [3.63, 3.8) is 0 Å². The molecule has 1 aromatic heterocycles. The Balaban J connectivity index is 1.31. The highest BCUT2D eigenvalue weighted by atomic mass is 16.5. The number of esters is 1. The fourth-order valence-electron chi connectivity index (χ4n) is 4.13. The smallest absolute Gasteiger partial charge is 0.309 e. The predicted molar refractivity (Wildman–Crippen MR) is 130 cm³/mol. The minimum atomic E-state index is -0.0497. The highest BCUT2D eigenvalue weighted by Gasteiger charge is 2.26. The van der Waals surface area contributed by atoms with Crippen LogP contribution in [0.5, 0.6) is 0 Å². The van der Waals surface area contributed by atoms with Crippen LogP contribution in [-0.4, -0.2) is 30.3 Å². The molecule has 168 valence electrons. The molecule has 6 nitrogen and oxygen atoms in total. The lowest BCUT2D eigenvalue weighted by Gasteiger charge is -2.32. The van der Waals surface area contributed by atoms with Gasteiger partial charge >= 0.3 is 5.97 Å². The summed E-state index contributed by atoms with van der Waals surface area (Å²) in [5.41, 5.74) is 9.20. The molecule has 1 saturated heterocycles. The van der Waals surface area contributed by atoms with Gasteiger partial charge in [-0.1, -0.05) is 30.3 Å². The number of anilines is 3. The van der Waals surface area contributed by atoms with Gasteiger partial charge in [0.25, 0.3) is 0 Å². The van der Waals surface area contributed by atoms with Crippen molar-refractivity contribution in [2.75, 3.05) is 35.3 Å². The Morgan fingerprint density at radius 1 is 1.03 bits per heavy atom. The molecule has 0 amide bonds. The Kier molecular flexibility index (Phi) is 7.00. The van der Waals surface area contributed by atoms with Gasteiger partial charge in [-0.05, 0) is 62.1 Å². The third-order valence-electron chi connectivity index (χ3n) is 5.96. The zero-order chi connectivity index (χ0) is 22.3. The number of ether oxygens (including phenoxy) is 1. The van der Waals surface area contributed by atoms with Gasteiger partial charge in [0.05, 0.1) is 23.9 Å². The standard InChI is InChI=1S/C26H32N4O2/c1-3-32-26(31)22-13-15-29(16-14-22)24-11-9-23(10-12-24)28-30-18-20(2)25(19-30)27-17-21-7-5-4-6-8-21/h4-12,18-19,22,27-28H,3,13-17H2,1-2H3. The van der Waals surface area contributed by atoms with Gasteiger partial charge in [-0.2, -0.15) is 0 Å². The molecule has 1 aliphatic heterocycles. The van der Waals surface area contributed by atoms with Crippen molar-refractivity contribution < 1.29 is 9.53 Å². The fraction of sp³-hybridized carbons (Fsp3) is 0.346. The summed E-state index contributed by atoms with van der Waals surface area (Å²) in [6, 6.07) is 18.9. The molecular weight excluding hydrogens is 400 g/mol. The first-order valence-corrected chi connectivity index (χ1v) is 11.4. The van der Waals surface area contributed by atoms with Crippen LogP contribution in [0.4, 0.5) is 17.1 Å². The van der Waals surface area contributed by atoms with E-state index in [9.17, 15) is 4.79 Å². The monoisotopic (exact) mass is 432 g/mol. The van der Waals surface area contributed by atoms with Crippen LogP contribution in [0.15, 0.2) is 67.0 Å². The second-order valence-corrected chi connectivity index (χ2v) is 8.27. The maximum Gasteiger partial charge on any atom is 0.309 e. The minimum absolute atomic E-state index is 0.0359. The molecule has 4 rings (SSSR count). The molecule has 32 heavy (non-hydrogen) atoms. The van der Waals surface area contributed by atoms with Crippen LogP contribution in [0.25, 0.3) is 0 Å². The molecule has 0 atom stereocenters. The molecule has 2 heterocycles. The van der Waals surface area contributed by atoms with Gasteiger partial charge in [-0.25, -0.2) is 0 Å². The van der Waals surface area contributed by atoms with Crippen LogP contribution < -0.4 is 15.6 Å². The normalized spacial score (nSPS) is 14.2. The van der Waals surface area contributed by atoms with Gasteiger partial charge in [-0.3, -0.25) is 14.9 Å². The van der Waals surface area contributed by atoms with Gasteiger partial charge in [0.1, 0.15) is 0 Å². The largest absolute Gasteiger partial charge is 0.466 e. The zero-order valence-electron chi connectivity index (χ0n) is 18.9. The Labute approximate surface area is 190 Å². The lowest BCUT2D eigenvalue weighted by molar-refractivity contribution is -0.148. The summed E-state index contributed by atoms with van der Waals surface area (Å²) in [4.78, 5) is 14.3. The van der Waals surface area contributed by atoms with Crippen molar-refractivity contribution in [3.8, 4) is 0 Å². The van der Waals surface area contributed by atoms with E-state index in [1.54, 1.807) is 0 Å². The van der Waals surface area contributed by atoms with Gasteiger partial charge < -0.3 is 15.0 Å². The number of nitrogens with zero attached hydrogens (tertiary/aromatic N) is 2. The summed E-state index contributed by atoms with van der Waals surface area (Å²) in [6.07, 6.45) is 5.86. The van der Waals surface area contributed by atoms with Crippen LogP contribution in [-0.2, 0) is 16.1 Å². The van der Waals surface area contributed by atoms with Crippen molar-refractivity contribution in [3.05, 3.63) is 78.1 Å². The van der Waals surface area contributed by atoms with Gasteiger partial charge in [0.15, 0.2) is 0 Å². The molecule has 0 spiro atoms. The maximum atomic E-state index is 11.9. The molecule has 2 aromatic carbocycles. The summed E-state index contributed by atoms with van der Waals surface area (Å²) in [5, 5.41) is 3.51. The summed E-state index contributed by atoms with van der Waals surface area (Å²) in [7, 11) is 0. The first-order valence-electron chi connectivity index (χ1n) is 11.4. The van der Waals surface area contributed by atoms with E-state index in [1.807, 2.05) is 17.7 Å². The number of nitrogens with one attached hydrogen (secondary N) is 2. The second kappa shape index (κ2) is 10.3. The van der Waals surface area contributed by atoms with Crippen molar-refractivity contribution >= 4 is 23.0 Å². The molecule has 3 aromatic rings. The van der Waals surface area contributed by atoms with Crippen LogP contribution in [0.1, 0.15) is 30.9 Å². The highest BCUT2D eigenvalue weighted by Crippen LogP contribution is 2.26. The van der Waals surface area contributed by atoms with Crippen LogP contribution in [0.2, 0.25) is 0 Å². The summed E-state index contributed by atoms with van der Waals surface area (Å²) < 4.78 is 7.16. The summed E-state index contributed by atoms with van der Waals surface area (Å²) in [5.74, 6) is -0.0137. The second-order valence-electron chi connectivity index (χ2n) is 8.27. The first-order chi connectivity index (χ1) is 15.6. The Bertz CT molecular complexity index is 1010. The van der Waals surface area contributed by atoms with E-state index in [0.29, 0.717) is 6.61 Å². The van der Waals surface area contributed by atoms with Gasteiger partial charge in [-0.15, -0.1) is 0 Å². The molecule has 0 radical (unpaired) electrons. The third-order valence-corrected chi connectivity index (χ3v) is 5.96. The average Bonchev–Trinajstić information content (AvgIpc) is 3.18. The topological polar surface area (TPSA) is 58.5 Å². The number of carbonyl (C=O) groups excluding carboxylic acids is 1. The van der Waals surface area contributed by atoms with Crippen LogP contribution in [0.3, 0.4) is 0 Å². The fourth-order valence-corrected chi connectivity index (χ4v) is 4.13. The quantitative estimate of drug-likeness (QED) is 0.487. The predicted octanol–water partition coefficient (Wildman–Crippen LogP) is 5.06. The number of hydrogen-bond acceptors (Lipinski definition) is 5. The van der Waals surface area contributed by atoms with Crippen LogP contribution >= 0.6 is 0 Å². The molecule has 1 aliphatic rings. The minimum Gasteiger partial charge on any atom is -0.466 e. The first kappa shape index (κ1) is 21.8. The molecular formula is C26H32N4O2. The van der Waals surface area contributed by atoms with E-state index in [0.717, 1.165) is 43.9 Å². The van der Waals surface area contributed by atoms with E-state index >= 15 is 0 Å². The molecule has 6 heteroatoms. The molecule has 0 bridgehead atoms. The molecule has 1 fully saturated rings. The molecule has 0 unspecified atom stereocenters. The van der Waals surface area contributed by atoms with E-state index in [2.05, 4.69) is 83.5 Å². The van der Waals surface area contributed by atoms with Crippen molar-refractivity contribution in [2.45, 2.75) is 33.2 Å². The van der Waals surface area contributed by atoms with Crippen molar-refractivity contribution in [1.29, 1.82) is 0 Å². The SMILES string of the molecule is CCOC(=O)C1CCN(c2ccc(Nn3cc(C)c(NCc4ccccc4)c3)cc2)CC1. The number of aryl methyl sites for hydroxylation is 1. The number of piperidine rings is 1. The number of hydrogen-bond donors (Lipinski definition) is 2. The maximum absolute atomic E-state index is 11.9. The average molecular weight is 433 g/mol. The number of rotatable bonds is 8. The van der Waals surface area contributed by atoms with Crippen molar-refractivity contribution in [2.24, 2.45) is 5.92 Å². The van der Waals surface area contributed by atoms with E-state index in [-0.39, 0.29) is 11.9 Å². The molecule has 2 N–H and O–H groups in total. The Morgan fingerprint density at radius 2 is 1.75 bits per heavy atom. The number of benzene rings is 2. The third kappa shape index (κ3) is 5.44. The van der Waals surface area contributed by atoms with Gasteiger partial charge in [0.2, 0.25) is 0 Å². The summed E-state index contributed by atoms with van der Waals surface area (Å²) >= 11 is 0. The lowest BCUT2D eigenvalue weighted by atomic mass is 9.96. The van der Waals surface area contributed by atoms with E-state index in [4.69, 9.17) is 4.74 Å². The zero-order valence-corrected chi connectivity index (χ0v) is 18.9. The number of carbonyl (C=O) groups is 1. The van der Waals surface area contributed by atoms with E-state index < -0.39 is 0 Å². The van der Waals surface area contributed by atoms with Crippen molar-refractivity contribution in [1.82, 2.24) is 4.68 Å².